The minimum atomic E-state index is -0.728. The molecule has 1 saturated heterocycles. The van der Waals surface area contributed by atoms with Crippen molar-refractivity contribution >= 4 is 34.8 Å². The number of rotatable bonds is 7. The summed E-state index contributed by atoms with van der Waals surface area (Å²) in [4.78, 5) is 28.8. The standard InChI is InChI=1S/C23H28ClN3O2/c1-2-3-9-21(28)27-16-14-26(15-17-27)20-12-10-19(11-13-20)25-23(29)22(24)18-7-5-4-6-8-18/h4-8,10-13,22H,2-3,9,14-17H2,1H3,(H,25,29)/t22-/m1/s1. The van der Waals surface area contributed by atoms with Crippen LogP contribution in [-0.2, 0) is 9.59 Å². The number of carbonyl (C=O) groups is 2. The van der Waals surface area contributed by atoms with Gasteiger partial charge in [0.25, 0.3) is 0 Å². The lowest BCUT2D eigenvalue weighted by atomic mass is 10.1. The number of hydrogen-bond donors (Lipinski definition) is 1. The first kappa shape index (κ1) is 21.2. The van der Waals surface area contributed by atoms with Gasteiger partial charge in [-0.1, -0.05) is 43.7 Å². The van der Waals surface area contributed by atoms with Gasteiger partial charge in [-0.2, -0.15) is 0 Å². The maximum Gasteiger partial charge on any atom is 0.246 e. The van der Waals surface area contributed by atoms with Crippen LogP contribution in [0.25, 0.3) is 0 Å². The van der Waals surface area contributed by atoms with E-state index >= 15 is 0 Å². The normalized spacial score (nSPS) is 15.1. The van der Waals surface area contributed by atoms with Crippen LogP contribution in [0.4, 0.5) is 11.4 Å². The van der Waals surface area contributed by atoms with Crippen LogP contribution in [0.15, 0.2) is 54.6 Å². The topological polar surface area (TPSA) is 52.7 Å². The molecular formula is C23H28ClN3O2. The maximum absolute atomic E-state index is 12.4. The number of piperazine rings is 1. The summed E-state index contributed by atoms with van der Waals surface area (Å²) in [5.41, 5.74) is 2.58. The largest absolute Gasteiger partial charge is 0.368 e. The predicted molar refractivity (Wildman–Crippen MR) is 118 cm³/mol. The first-order valence-corrected chi connectivity index (χ1v) is 10.6. The van der Waals surface area contributed by atoms with Crippen molar-refractivity contribution in [3.05, 3.63) is 60.2 Å². The zero-order valence-corrected chi connectivity index (χ0v) is 17.6. The highest BCUT2D eigenvalue weighted by molar-refractivity contribution is 6.32. The van der Waals surface area contributed by atoms with Crippen LogP contribution in [0, 0.1) is 0 Å². The molecule has 1 fully saturated rings. The molecule has 2 aromatic rings. The van der Waals surface area contributed by atoms with E-state index in [0.29, 0.717) is 12.1 Å². The van der Waals surface area contributed by atoms with Gasteiger partial charge < -0.3 is 15.1 Å². The third-order valence-corrected chi connectivity index (χ3v) is 5.65. The first-order valence-electron chi connectivity index (χ1n) is 10.2. The molecule has 5 nitrogen and oxygen atoms in total. The molecule has 0 spiro atoms. The van der Waals surface area contributed by atoms with Crippen LogP contribution in [0.3, 0.4) is 0 Å². The molecule has 6 heteroatoms. The SMILES string of the molecule is CCCCC(=O)N1CCN(c2ccc(NC(=O)[C@H](Cl)c3ccccc3)cc2)CC1. The Hall–Kier alpha value is -2.53. The van der Waals surface area contributed by atoms with Gasteiger partial charge in [0, 0.05) is 44.0 Å². The second kappa shape index (κ2) is 10.3. The number of halogens is 1. The van der Waals surface area contributed by atoms with Gasteiger partial charge in [-0.15, -0.1) is 11.6 Å². The van der Waals surface area contributed by atoms with Crippen LogP contribution in [0.1, 0.15) is 37.1 Å². The fraction of sp³-hybridized carbons (Fsp3) is 0.391. The summed E-state index contributed by atoms with van der Waals surface area (Å²) in [6.45, 7) is 5.26. The van der Waals surface area contributed by atoms with Crippen LogP contribution >= 0.6 is 11.6 Å². The number of nitrogens with one attached hydrogen (secondary N) is 1. The second-order valence-corrected chi connectivity index (χ2v) is 7.72. The number of unbranched alkanes of at least 4 members (excludes halogenated alkanes) is 1. The molecule has 0 unspecified atom stereocenters. The highest BCUT2D eigenvalue weighted by Crippen LogP contribution is 2.24. The summed E-state index contributed by atoms with van der Waals surface area (Å²) in [6, 6.07) is 17.1. The molecule has 0 aliphatic carbocycles. The van der Waals surface area contributed by atoms with Crippen molar-refractivity contribution in [2.75, 3.05) is 36.4 Å². The number of amides is 2. The summed E-state index contributed by atoms with van der Waals surface area (Å²) in [5.74, 6) is 0.0171. The summed E-state index contributed by atoms with van der Waals surface area (Å²) in [7, 11) is 0. The smallest absolute Gasteiger partial charge is 0.246 e. The van der Waals surface area contributed by atoms with E-state index in [1.807, 2.05) is 59.5 Å². The molecule has 1 aliphatic heterocycles. The summed E-state index contributed by atoms with van der Waals surface area (Å²) in [6.07, 6.45) is 2.65. The molecule has 1 heterocycles. The Balaban J connectivity index is 1.52. The van der Waals surface area contributed by atoms with Gasteiger partial charge in [0.1, 0.15) is 5.38 Å². The van der Waals surface area contributed by atoms with Gasteiger partial charge in [0.15, 0.2) is 0 Å². The van der Waals surface area contributed by atoms with Crippen molar-refractivity contribution in [1.82, 2.24) is 4.90 Å². The Kier molecular flexibility index (Phi) is 7.53. The Morgan fingerprint density at radius 1 is 1.00 bits per heavy atom. The minimum Gasteiger partial charge on any atom is -0.368 e. The lowest BCUT2D eigenvalue weighted by molar-refractivity contribution is -0.131. The average Bonchev–Trinajstić information content (AvgIpc) is 2.78. The summed E-state index contributed by atoms with van der Waals surface area (Å²) < 4.78 is 0. The molecule has 1 aliphatic rings. The number of nitrogens with zero attached hydrogens (tertiary/aromatic N) is 2. The van der Waals surface area contributed by atoms with Gasteiger partial charge >= 0.3 is 0 Å². The molecule has 1 atom stereocenters. The highest BCUT2D eigenvalue weighted by Gasteiger charge is 2.21. The Morgan fingerprint density at radius 2 is 1.66 bits per heavy atom. The maximum atomic E-state index is 12.4. The van der Waals surface area contributed by atoms with Crippen molar-refractivity contribution in [1.29, 1.82) is 0 Å². The molecular weight excluding hydrogens is 386 g/mol. The van der Waals surface area contributed by atoms with Crippen LogP contribution in [0.5, 0.6) is 0 Å². The Morgan fingerprint density at radius 3 is 2.28 bits per heavy atom. The summed E-state index contributed by atoms with van der Waals surface area (Å²) >= 11 is 6.28. The second-order valence-electron chi connectivity index (χ2n) is 7.28. The van der Waals surface area contributed by atoms with Crippen molar-refractivity contribution in [3.63, 3.8) is 0 Å². The predicted octanol–water partition coefficient (Wildman–Crippen LogP) is 4.44. The number of carbonyl (C=O) groups excluding carboxylic acids is 2. The van der Waals surface area contributed by atoms with Gasteiger partial charge in [-0.25, -0.2) is 0 Å². The number of hydrogen-bond acceptors (Lipinski definition) is 3. The molecule has 1 N–H and O–H groups in total. The fourth-order valence-electron chi connectivity index (χ4n) is 3.43. The molecule has 3 rings (SSSR count). The molecule has 2 amide bonds. The van der Waals surface area contributed by atoms with Gasteiger partial charge in [0.05, 0.1) is 0 Å². The van der Waals surface area contributed by atoms with E-state index in [4.69, 9.17) is 11.6 Å². The molecule has 0 radical (unpaired) electrons. The zero-order chi connectivity index (χ0) is 20.6. The van der Waals surface area contributed by atoms with Crippen molar-refractivity contribution < 1.29 is 9.59 Å². The monoisotopic (exact) mass is 413 g/mol. The number of benzene rings is 2. The number of anilines is 2. The van der Waals surface area contributed by atoms with E-state index in [1.165, 1.54) is 0 Å². The van der Waals surface area contributed by atoms with Crippen molar-refractivity contribution in [2.24, 2.45) is 0 Å². The lowest BCUT2D eigenvalue weighted by Gasteiger charge is -2.36. The van der Waals surface area contributed by atoms with E-state index < -0.39 is 5.38 Å². The fourth-order valence-corrected chi connectivity index (χ4v) is 3.63. The molecule has 154 valence electrons. The van der Waals surface area contributed by atoms with Crippen LogP contribution in [0.2, 0.25) is 0 Å². The Labute approximate surface area is 177 Å². The molecule has 0 bridgehead atoms. The van der Waals surface area contributed by atoms with Gasteiger partial charge in [0.2, 0.25) is 11.8 Å². The first-order chi connectivity index (χ1) is 14.1. The van der Waals surface area contributed by atoms with Gasteiger partial charge in [-0.3, -0.25) is 9.59 Å². The van der Waals surface area contributed by atoms with E-state index in [2.05, 4.69) is 17.1 Å². The number of alkyl halides is 1. The van der Waals surface area contributed by atoms with E-state index in [0.717, 1.165) is 50.3 Å². The zero-order valence-electron chi connectivity index (χ0n) is 16.8. The quantitative estimate of drug-likeness (QED) is 0.682. The van der Waals surface area contributed by atoms with Crippen LogP contribution in [-0.4, -0.2) is 42.9 Å². The highest BCUT2D eigenvalue weighted by atomic mass is 35.5. The lowest BCUT2D eigenvalue weighted by Crippen LogP contribution is -2.48. The van der Waals surface area contributed by atoms with E-state index in [9.17, 15) is 9.59 Å². The molecule has 2 aromatic carbocycles. The van der Waals surface area contributed by atoms with Crippen LogP contribution < -0.4 is 10.2 Å². The molecule has 0 saturated carbocycles. The Bertz CT molecular complexity index is 803. The summed E-state index contributed by atoms with van der Waals surface area (Å²) in [5, 5.41) is 2.14. The van der Waals surface area contributed by atoms with Crippen molar-refractivity contribution in [2.45, 2.75) is 31.6 Å². The van der Waals surface area contributed by atoms with E-state index in [1.54, 1.807) is 0 Å². The van der Waals surface area contributed by atoms with Crippen molar-refractivity contribution in [3.8, 4) is 0 Å². The third kappa shape index (κ3) is 5.73. The third-order valence-electron chi connectivity index (χ3n) is 5.20. The van der Waals surface area contributed by atoms with E-state index in [-0.39, 0.29) is 11.8 Å². The van der Waals surface area contributed by atoms with Gasteiger partial charge in [-0.05, 0) is 36.2 Å². The molecule has 0 aromatic heterocycles. The minimum absolute atomic E-state index is 0.246. The molecule has 29 heavy (non-hydrogen) atoms. The average molecular weight is 414 g/mol.